The van der Waals surface area contributed by atoms with Crippen LogP contribution in [0.5, 0.6) is 23.0 Å². The van der Waals surface area contributed by atoms with Crippen LogP contribution in [0.1, 0.15) is 175 Å². The van der Waals surface area contributed by atoms with Crippen LogP contribution in [0.3, 0.4) is 0 Å². The van der Waals surface area contributed by atoms with E-state index in [4.69, 9.17) is 23.9 Å². The standard InChI is InChI=1S/C69H73N3O4S/c1-5-9-13-17-45-73-64-51-62(35-27-56-37-41-70-42-38-56)66(75-47-19-15-11-7-3)49-60(64)33-25-54-21-29-58(30-22-54)68-53-72-69(77-68)59-31-23-55(24-32-59)26-34-61-50-67(76-48-20-16-12-8-4)63(36-28-57-39-43-71-44-40-57)52-65(61)74-46-18-14-10-6-2/h21-24,29-32,37-44,49-53H,5-20,45-48H2,1-4H3. The Morgan fingerprint density at radius 1 is 0.351 bits per heavy atom. The fourth-order valence-electron chi connectivity index (χ4n) is 8.22. The molecule has 0 saturated heterocycles. The van der Waals surface area contributed by atoms with Crippen LogP contribution in [0.15, 0.2) is 128 Å². The Labute approximate surface area is 463 Å². The van der Waals surface area contributed by atoms with Crippen molar-refractivity contribution < 1.29 is 18.9 Å². The second kappa shape index (κ2) is 32.6. The van der Waals surface area contributed by atoms with Crippen LogP contribution >= 0.6 is 11.3 Å². The highest BCUT2D eigenvalue weighted by Crippen LogP contribution is 2.34. The lowest BCUT2D eigenvalue weighted by molar-refractivity contribution is 0.295. The molecule has 0 fully saturated rings. The molecule has 0 bridgehead atoms. The fraction of sp³-hybridized carbons (Fsp3) is 0.348. The van der Waals surface area contributed by atoms with Crippen LogP contribution in [0.25, 0.3) is 21.0 Å². The zero-order chi connectivity index (χ0) is 53.5. The normalized spacial score (nSPS) is 10.4. The molecule has 0 atom stereocenters. The first-order valence-electron chi connectivity index (χ1n) is 28.0. The minimum absolute atomic E-state index is 0.610. The van der Waals surface area contributed by atoms with E-state index < -0.39 is 0 Å². The highest BCUT2D eigenvalue weighted by atomic mass is 32.1. The zero-order valence-electron chi connectivity index (χ0n) is 45.6. The maximum absolute atomic E-state index is 6.44. The summed E-state index contributed by atoms with van der Waals surface area (Å²) in [7, 11) is 0. The summed E-state index contributed by atoms with van der Waals surface area (Å²) in [5.41, 5.74) is 8.80. The molecule has 0 aliphatic heterocycles. The van der Waals surface area contributed by atoms with E-state index in [9.17, 15) is 0 Å². The molecule has 0 amide bonds. The van der Waals surface area contributed by atoms with Crippen LogP contribution in [0.4, 0.5) is 0 Å². The molecule has 0 saturated carbocycles. The number of aromatic nitrogens is 3. The fourth-order valence-corrected chi connectivity index (χ4v) is 9.14. The van der Waals surface area contributed by atoms with Crippen molar-refractivity contribution >= 4 is 11.3 Å². The Bertz CT molecular complexity index is 2940. The molecule has 3 heterocycles. The molecule has 0 aliphatic carbocycles. The highest BCUT2D eigenvalue weighted by molar-refractivity contribution is 7.18. The number of unbranched alkanes of at least 4 members (excludes halogenated alkanes) is 12. The Kier molecular flexibility index (Phi) is 24.1. The van der Waals surface area contributed by atoms with Gasteiger partial charge in [-0.1, -0.05) is 176 Å². The van der Waals surface area contributed by atoms with Gasteiger partial charge in [0.25, 0.3) is 0 Å². The molecule has 4 aromatic carbocycles. The average molecular weight is 1040 g/mol. The first-order chi connectivity index (χ1) is 38.0. The van der Waals surface area contributed by atoms with Gasteiger partial charge in [-0.05, 0) is 79.8 Å². The van der Waals surface area contributed by atoms with Gasteiger partial charge in [0.15, 0.2) is 0 Å². The van der Waals surface area contributed by atoms with E-state index >= 15 is 0 Å². The van der Waals surface area contributed by atoms with Gasteiger partial charge in [0.1, 0.15) is 28.0 Å². The third-order valence-electron chi connectivity index (χ3n) is 12.7. The minimum atomic E-state index is 0.610. The third-order valence-corrected chi connectivity index (χ3v) is 13.8. The lowest BCUT2D eigenvalue weighted by Gasteiger charge is -2.14. The molecule has 0 aliphatic rings. The predicted molar refractivity (Wildman–Crippen MR) is 317 cm³/mol. The zero-order valence-corrected chi connectivity index (χ0v) is 46.5. The maximum Gasteiger partial charge on any atom is 0.136 e. The van der Waals surface area contributed by atoms with Crippen molar-refractivity contribution in [3.8, 4) is 91.4 Å². The molecule has 77 heavy (non-hydrogen) atoms. The summed E-state index contributed by atoms with van der Waals surface area (Å²) in [5.74, 6) is 29.8. The van der Waals surface area contributed by atoms with E-state index in [2.05, 4.69) is 134 Å². The molecular formula is C69H73N3O4S. The van der Waals surface area contributed by atoms with Crippen molar-refractivity contribution in [3.63, 3.8) is 0 Å². The van der Waals surface area contributed by atoms with E-state index in [0.29, 0.717) is 43.7 Å². The van der Waals surface area contributed by atoms with Gasteiger partial charge in [0.05, 0.1) is 53.6 Å². The van der Waals surface area contributed by atoms with Crippen LogP contribution in [0.2, 0.25) is 0 Å². The summed E-state index contributed by atoms with van der Waals surface area (Å²) in [6.45, 7) is 11.3. The number of pyridine rings is 2. The van der Waals surface area contributed by atoms with E-state index in [1.165, 1.54) is 51.4 Å². The Balaban J connectivity index is 1.08. The summed E-state index contributed by atoms with van der Waals surface area (Å²) in [5, 5.41) is 0.936. The number of ether oxygens (including phenoxy) is 4. The smallest absolute Gasteiger partial charge is 0.136 e. The van der Waals surface area contributed by atoms with Gasteiger partial charge in [-0.2, -0.15) is 0 Å². The van der Waals surface area contributed by atoms with Crippen molar-refractivity contribution in [1.29, 1.82) is 0 Å². The Morgan fingerprint density at radius 2 is 0.662 bits per heavy atom. The highest BCUT2D eigenvalue weighted by Gasteiger charge is 2.14. The van der Waals surface area contributed by atoms with Crippen LogP contribution in [0, 0.1) is 47.4 Å². The van der Waals surface area contributed by atoms with Crippen LogP contribution < -0.4 is 18.9 Å². The van der Waals surface area contributed by atoms with Crippen molar-refractivity contribution in [1.82, 2.24) is 15.0 Å². The van der Waals surface area contributed by atoms with Gasteiger partial charge < -0.3 is 18.9 Å². The lowest BCUT2D eigenvalue weighted by Crippen LogP contribution is -2.03. The first-order valence-corrected chi connectivity index (χ1v) is 28.8. The van der Waals surface area contributed by atoms with Crippen molar-refractivity contribution in [3.05, 3.63) is 173 Å². The SMILES string of the molecule is CCCCCCOc1cc(C#Cc2ccc(-c3cnc(-c4ccc(C#Cc5cc(OCCCCCC)c(C#Cc6ccncc6)cc5OCCCCCC)cc4)s3)cc2)c(OCCCCCC)cc1C#Cc1ccncc1. The molecule has 8 heteroatoms. The summed E-state index contributed by atoms with van der Waals surface area (Å²) < 4.78 is 25.7. The number of hydrogen-bond donors (Lipinski definition) is 0. The van der Waals surface area contributed by atoms with Crippen molar-refractivity contribution in [2.75, 3.05) is 26.4 Å². The van der Waals surface area contributed by atoms with E-state index in [-0.39, 0.29) is 0 Å². The molecule has 0 spiro atoms. The second-order valence-corrected chi connectivity index (χ2v) is 20.0. The van der Waals surface area contributed by atoms with Gasteiger partial charge >= 0.3 is 0 Å². The Morgan fingerprint density at radius 3 is 0.987 bits per heavy atom. The van der Waals surface area contributed by atoms with E-state index in [1.807, 2.05) is 54.7 Å². The summed E-state index contributed by atoms with van der Waals surface area (Å²) in [4.78, 5) is 14.2. The molecule has 3 aromatic heterocycles. The molecule has 7 nitrogen and oxygen atoms in total. The second-order valence-electron chi connectivity index (χ2n) is 19.0. The van der Waals surface area contributed by atoms with E-state index in [0.717, 1.165) is 123 Å². The number of rotatable bonds is 26. The number of hydrogen-bond acceptors (Lipinski definition) is 8. The molecule has 7 rings (SSSR count). The predicted octanol–water partition coefficient (Wildman–Crippen LogP) is 16.7. The third kappa shape index (κ3) is 19.1. The number of benzene rings is 4. The average Bonchev–Trinajstić information content (AvgIpc) is 3.98. The molecule has 394 valence electrons. The van der Waals surface area contributed by atoms with Crippen molar-refractivity contribution in [2.45, 2.75) is 130 Å². The Hall–Kier alpha value is -7.75. The van der Waals surface area contributed by atoms with Gasteiger partial charge in [-0.3, -0.25) is 9.97 Å². The monoisotopic (exact) mass is 1040 g/mol. The van der Waals surface area contributed by atoms with Gasteiger partial charge in [-0.25, -0.2) is 4.98 Å². The topological polar surface area (TPSA) is 75.6 Å². The van der Waals surface area contributed by atoms with Gasteiger partial charge in [-0.15, -0.1) is 11.3 Å². The summed E-state index contributed by atoms with van der Waals surface area (Å²) >= 11 is 1.66. The molecule has 0 N–H and O–H groups in total. The minimum Gasteiger partial charge on any atom is -0.492 e. The molecule has 7 aromatic rings. The summed E-state index contributed by atoms with van der Waals surface area (Å²) in [6, 6.07) is 32.3. The first kappa shape index (κ1) is 57.0. The lowest BCUT2D eigenvalue weighted by atomic mass is 10.1. The van der Waals surface area contributed by atoms with E-state index in [1.54, 1.807) is 36.1 Å². The van der Waals surface area contributed by atoms with Gasteiger partial charge in [0.2, 0.25) is 0 Å². The molecular weight excluding hydrogens is 967 g/mol. The maximum atomic E-state index is 6.44. The number of nitrogens with zero attached hydrogens (tertiary/aromatic N) is 3. The largest absolute Gasteiger partial charge is 0.492 e. The molecule has 0 radical (unpaired) electrons. The molecule has 0 unspecified atom stereocenters. The van der Waals surface area contributed by atoms with Gasteiger partial charge in [0, 0.05) is 83.1 Å². The van der Waals surface area contributed by atoms with Crippen LogP contribution in [-0.2, 0) is 0 Å². The van der Waals surface area contributed by atoms with Crippen molar-refractivity contribution in [2.24, 2.45) is 0 Å². The van der Waals surface area contributed by atoms with Crippen LogP contribution in [-0.4, -0.2) is 41.4 Å². The quantitative estimate of drug-likeness (QED) is 0.0395. The number of thiazole rings is 1. The summed E-state index contributed by atoms with van der Waals surface area (Å²) in [6.07, 6.45) is 26.8.